The topological polar surface area (TPSA) is 64.5 Å². The summed E-state index contributed by atoms with van der Waals surface area (Å²) in [5.74, 6) is 0.998. The summed E-state index contributed by atoms with van der Waals surface area (Å²) in [6.45, 7) is 4.57. The third kappa shape index (κ3) is 6.19. The van der Waals surface area contributed by atoms with Gasteiger partial charge in [-0.25, -0.2) is 9.97 Å². The van der Waals surface area contributed by atoms with Crippen molar-refractivity contribution in [3.63, 3.8) is 0 Å². The number of aryl methyl sites for hydroxylation is 1. The zero-order valence-corrected chi connectivity index (χ0v) is 19.5. The van der Waals surface area contributed by atoms with Crippen LogP contribution in [0.5, 0.6) is 11.6 Å². The van der Waals surface area contributed by atoms with Gasteiger partial charge in [0.25, 0.3) is 11.8 Å². The second-order valence-electron chi connectivity index (χ2n) is 8.07. The summed E-state index contributed by atoms with van der Waals surface area (Å²) < 4.78 is 10.6. The molecule has 2 aromatic rings. The summed E-state index contributed by atoms with van der Waals surface area (Å²) in [4.78, 5) is 24.3. The highest BCUT2D eigenvalue weighted by Crippen LogP contribution is 2.24. The summed E-state index contributed by atoms with van der Waals surface area (Å²) in [6.07, 6.45) is 11.4. The number of pyridine rings is 2. The second-order valence-corrected chi connectivity index (χ2v) is 8.07. The maximum Gasteiger partial charge on any atom is 0.272 e. The molecule has 1 atom stereocenters. The average molecular weight is 436 g/mol. The standard InChI is InChI=1S/C26H33N3O3/c1-19-9-8-12-23(27-19)26(30)29(20(2)13-14-21-10-6-5-7-11-21)18-17-22-15-16-24(31-3)25(28-22)32-4/h6,8-12,15-16,20H,5,7,13-14,17-18H2,1-4H3. The summed E-state index contributed by atoms with van der Waals surface area (Å²) in [5.41, 5.74) is 3.52. The summed E-state index contributed by atoms with van der Waals surface area (Å²) in [7, 11) is 3.16. The number of aromatic nitrogens is 2. The Hall–Kier alpha value is -3.15. The summed E-state index contributed by atoms with van der Waals surface area (Å²) in [5, 5.41) is 0. The van der Waals surface area contributed by atoms with Gasteiger partial charge in [-0.05, 0) is 63.8 Å². The highest BCUT2D eigenvalue weighted by Gasteiger charge is 2.23. The molecular formula is C26H33N3O3. The van der Waals surface area contributed by atoms with E-state index in [1.54, 1.807) is 20.3 Å². The first-order valence-electron chi connectivity index (χ1n) is 11.2. The van der Waals surface area contributed by atoms with E-state index in [1.165, 1.54) is 5.57 Å². The van der Waals surface area contributed by atoms with E-state index in [0.29, 0.717) is 30.3 Å². The molecule has 6 nitrogen and oxygen atoms in total. The molecule has 3 rings (SSSR count). The van der Waals surface area contributed by atoms with Crippen LogP contribution in [0.1, 0.15) is 54.5 Å². The van der Waals surface area contributed by atoms with Gasteiger partial charge in [0.05, 0.1) is 14.2 Å². The van der Waals surface area contributed by atoms with Crippen LogP contribution >= 0.6 is 0 Å². The lowest BCUT2D eigenvalue weighted by Gasteiger charge is -2.29. The van der Waals surface area contributed by atoms with E-state index in [9.17, 15) is 4.79 Å². The number of methoxy groups -OCH3 is 2. The van der Waals surface area contributed by atoms with Crippen LogP contribution < -0.4 is 9.47 Å². The molecule has 0 fully saturated rings. The molecule has 0 radical (unpaired) electrons. The van der Waals surface area contributed by atoms with E-state index in [4.69, 9.17) is 9.47 Å². The minimum atomic E-state index is -0.0464. The molecular weight excluding hydrogens is 402 g/mol. The number of carbonyl (C=O) groups excluding carboxylic acids is 1. The van der Waals surface area contributed by atoms with E-state index in [2.05, 4.69) is 35.1 Å². The number of rotatable bonds is 10. The molecule has 1 aliphatic carbocycles. The Kier molecular flexibility index (Phi) is 8.42. The normalized spacial score (nSPS) is 13.9. The van der Waals surface area contributed by atoms with Crippen molar-refractivity contribution in [3.05, 3.63) is 71.2 Å². The third-order valence-corrected chi connectivity index (χ3v) is 5.73. The number of hydrogen-bond donors (Lipinski definition) is 0. The van der Waals surface area contributed by atoms with Crippen molar-refractivity contribution in [2.24, 2.45) is 0 Å². The predicted molar refractivity (Wildman–Crippen MR) is 126 cm³/mol. The molecule has 0 spiro atoms. The minimum absolute atomic E-state index is 0.0464. The molecule has 1 unspecified atom stereocenters. The summed E-state index contributed by atoms with van der Waals surface area (Å²) in [6, 6.07) is 9.40. The first-order chi connectivity index (χ1) is 15.5. The van der Waals surface area contributed by atoms with Crippen molar-refractivity contribution >= 4 is 5.91 Å². The fraction of sp³-hybridized carbons (Fsp3) is 0.423. The number of ether oxygens (including phenoxy) is 2. The van der Waals surface area contributed by atoms with E-state index < -0.39 is 0 Å². The van der Waals surface area contributed by atoms with Crippen molar-refractivity contribution in [1.82, 2.24) is 14.9 Å². The van der Waals surface area contributed by atoms with Crippen LogP contribution in [0.2, 0.25) is 0 Å². The molecule has 170 valence electrons. The van der Waals surface area contributed by atoms with Crippen LogP contribution in [0.25, 0.3) is 0 Å². The Bertz CT molecular complexity index is 984. The molecule has 2 aromatic heterocycles. The van der Waals surface area contributed by atoms with Gasteiger partial charge in [0.2, 0.25) is 0 Å². The smallest absolute Gasteiger partial charge is 0.272 e. The number of carbonyl (C=O) groups is 1. The molecule has 0 saturated carbocycles. The zero-order chi connectivity index (χ0) is 22.9. The second kappa shape index (κ2) is 11.5. The van der Waals surface area contributed by atoms with Gasteiger partial charge < -0.3 is 14.4 Å². The predicted octanol–water partition coefficient (Wildman–Crippen LogP) is 4.93. The SMILES string of the molecule is COc1ccc(CCN(C(=O)c2cccc(C)n2)C(C)CCC2=CCCC=C2)nc1OC. The molecule has 2 heterocycles. The summed E-state index contributed by atoms with van der Waals surface area (Å²) >= 11 is 0. The lowest BCUT2D eigenvalue weighted by Crippen LogP contribution is -2.40. The third-order valence-electron chi connectivity index (χ3n) is 5.73. The maximum atomic E-state index is 13.4. The maximum absolute atomic E-state index is 13.4. The lowest BCUT2D eigenvalue weighted by atomic mass is 9.99. The van der Waals surface area contributed by atoms with E-state index in [-0.39, 0.29) is 11.9 Å². The van der Waals surface area contributed by atoms with Crippen LogP contribution in [0.15, 0.2) is 54.1 Å². The Labute approximate surface area is 191 Å². The van der Waals surface area contributed by atoms with Crippen molar-refractivity contribution in [1.29, 1.82) is 0 Å². The molecule has 1 amide bonds. The Morgan fingerprint density at radius 1 is 1.09 bits per heavy atom. The van der Waals surface area contributed by atoms with Gasteiger partial charge in [-0.2, -0.15) is 0 Å². The Morgan fingerprint density at radius 3 is 2.62 bits per heavy atom. The van der Waals surface area contributed by atoms with Gasteiger partial charge in [-0.15, -0.1) is 0 Å². The van der Waals surface area contributed by atoms with Crippen LogP contribution in [0.4, 0.5) is 0 Å². The largest absolute Gasteiger partial charge is 0.491 e. The van der Waals surface area contributed by atoms with Crippen LogP contribution in [-0.4, -0.2) is 47.6 Å². The van der Waals surface area contributed by atoms with Gasteiger partial charge in [-0.1, -0.05) is 29.9 Å². The van der Waals surface area contributed by atoms with Gasteiger partial charge >= 0.3 is 0 Å². The molecule has 0 aliphatic heterocycles. The van der Waals surface area contributed by atoms with Gasteiger partial charge in [0, 0.05) is 30.4 Å². The van der Waals surface area contributed by atoms with E-state index >= 15 is 0 Å². The zero-order valence-electron chi connectivity index (χ0n) is 19.5. The molecule has 0 N–H and O–H groups in total. The van der Waals surface area contributed by atoms with Crippen molar-refractivity contribution in [2.75, 3.05) is 20.8 Å². The highest BCUT2D eigenvalue weighted by molar-refractivity contribution is 5.92. The van der Waals surface area contributed by atoms with Crippen molar-refractivity contribution in [2.45, 2.75) is 52.0 Å². The molecule has 0 saturated heterocycles. The van der Waals surface area contributed by atoms with Crippen LogP contribution in [-0.2, 0) is 6.42 Å². The number of amides is 1. The van der Waals surface area contributed by atoms with E-state index in [1.807, 2.05) is 36.1 Å². The highest BCUT2D eigenvalue weighted by atomic mass is 16.5. The fourth-order valence-electron chi connectivity index (χ4n) is 3.86. The molecule has 1 aliphatic rings. The number of nitrogens with zero attached hydrogens (tertiary/aromatic N) is 3. The first kappa shape index (κ1) is 23.5. The molecule has 0 aromatic carbocycles. The molecule has 6 heteroatoms. The van der Waals surface area contributed by atoms with Gasteiger partial charge in [0.15, 0.2) is 5.75 Å². The van der Waals surface area contributed by atoms with Gasteiger partial charge in [-0.3, -0.25) is 4.79 Å². The number of hydrogen-bond acceptors (Lipinski definition) is 5. The Morgan fingerprint density at radius 2 is 1.94 bits per heavy atom. The molecule has 32 heavy (non-hydrogen) atoms. The minimum Gasteiger partial charge on any atom is -0.491 e. The lowest BCUT2D eigenvalue weighted by molar-refractivity contribution is 0.0680. The number of allylic oxidation sites excluding steroid dienone is 4. The van der Waals surface area contributed by atoms with Crippen LogP contribution in [0, 0.1) is 6.92 Å². The Balaban J connectivity index is 1.75. The quantitative estimate of drug-likeness (QED) is 0.529. The average Bonchev–Trinajstić information content (AvgIpc) is 2.83. The monoisotopic (exact) mass is 435 g/mol. The van der Waals surface area contributed by atoms with Crippen LogP contribution in [0.3, 0.4) is 0 Å². The molecule has 0 bridgehead atoms. The van der Waals surface area contributed by atoms with E-state index in [0.717, 1.165) is 37.1 Å². The fourth-order valence-corrected chi connectivity index (χ4v) is 3.86. The van der Waals surface area contributed by atoms with Crippen molar-refractivity contribution in [3.8, 4) is 11.6 Å². The van der Waals surface area contributed by atoms with Gasteiger partial charge in [0.1, 0.15) is 5.69 Å². The first-order valence-corrected chi connectivity index (χ1v) is 11.2. The van der Waals surface area contributed by atoms with Crippen molar-refractivity contribution < 1.29 is 14.3 Å².